The first kappa shape index (κ1) is 20.7. The number of nitrogens with two attached hydrogens (primary N) is 1. The van der Waals surface area contributed by atoms with Crippen molar-refractivity contribution < 1.29 is 4.79 Å². The molecular weight excluding hydrogens is 415 g/mol. The summed E-state index contributed by atoms with van der Waals surface area (Å²) < 4.78 is 0. The number of benzene rings is 1. The Morgan fingerprint density at radius 3 is 2.58 bits per heavy atom. The number of likely N-dealkylation sites (tertiary alicyclic amines) is 1. The topological polar surface area (TPSA) is 61.9 Å². The third-order valence-corrected chi connectivity index (χ3v) is 4.41. The Kier molecular flexibility index (Phi) is 9.10. The summed E-state index contributed by atoms with van der Waals surface area (Å²) in [7, 11) is 0. The number of nitrogens with zero attached hydrogens (tertiary/aromatic N) is 3. The van der Waals surface area contributed by atoms with Crippen molar-refractivity contribution in [1.82, 2.24) is 9.80 Å². The van der Waals surface area contributed by atoms with Crippen LogP contribution in [0.1, 0.15) is 25.8 Å². The average molecular weight is 444 g/mol. The lowest BCUT2D eigenvalue weighted by Crippen LogP contribution is -2.37. The van der Waals surface area contributed by atoms with Gasteiger partial charge in [-0.2, -0.15) is 0 Å². The minimum Gasteiger partial charge on any atom is -0.370 e. The number of aliphatic imine (C=N–C) groups is 1. The lowest BCUT2D eigenvalue weighted by molar-refractivity contribution is -0.127. The van der Waals surface area contributed by atoms with Gasteiger partial charge < -0.3 is 15.5 Å². The molecule has 1 amide bonds. The molecule has 0 spiro atoms. The maximum Gasteiger partial charge on any atom is 0.223 e. The van der Waals surface area contributed by atoms with E-state index in [1.807, 2.05) is 28.0 Å². The molecule has 1 atom stereocenters. The highest BCUT2D eigenvalue weighted by atomic mass is 127. The van der Waals surface area contributed by atoms with E-state index in [4.69, 9.17) is 5.73 Å². The fourth-order valence-electron chi connectivity index (χ4n) is 2.97. The molecule has 1 aromatic carbocycles. The van der Waals surface area contributed by atoms with E-state index in [9.17, 15) is 4.79 Å². The van der Waals surface area contributed by atoms with E-state index >= 15 is 0 Å². The van der Waals surface area contributed by atoms with Crippen molar-refractivity contribution in [2.24, 2.45) is 16.6 Å². The smallest absolute Gasteiger partial charge is 0.223 e. The average Bonchev–Trinajstić information content (AvgIpc) is 2.93. The number of hydrogen-bond donors (Lipinski definition) is 1. The lowest BCUT2D eigenvalue weighted by atomic mass is 10.1. The molecular formula is C18H29IN4O. The lowest BCUT2D eigenvalue weighted by Gasteiger charge is -2.20. The number of carbonyl (C=O) groups excluding carboxylic acids is 1. The number of rotatable bonds is 7. The Bertz CT molecular complexity index is 531. The molecule has 1 aromatic rings. The van der Waals surface area contributed by atoms with Crippen molar-refractivity contribution in [2.45, 2.75) is 26.7 Å². The SMILES string of the molecule is CCN(CC)C(N)=NCC1CC(=O)N(CCc2ccccc2)C1.I. The molecule has 0 aromatic heterocycles. The van der Waals surface area contributed by atoms with Crippen molar-refractivity contribution >= 4 is 35.8 Å². The van der Waals surface area contributed by atoms with Gasteiger partial charge >= 0.3 is 0 Å². The van der Waals surface area contributed by atoms with Gasteiger partial charge in [0, 0.05) is 45.1 Å². The molecule has 0 saturated carbocycles. The Morgan fingerprint density at radius 1 is 1.29 bits per heavy atom. The van der Waals surface area contributed by atoms with Gasteiger partial charge in [-0.25, -0.2) is 0 Å². The number of amides is 1. The summed E-state index contributed by atoms with van der Waals surface area (Å²) in [5, 5.41) is 0. The summed E-state index contributed by atoms with van der Waals surface area (Å²) >= 11 is 0. The normalized spacial score (nSPS) is 17.8. The minimum absolute atomic E-state index is 0. The van der Waals surface area contributed by atoms with Gasteiger partial charge in [0.1, 0.15) is 0 Å². The van der Waals surface area contributed by atoms with E-state index in [1.165, 1.54) is 5.56 Å². The maximum atomic E-state index is 12.1. The molecule has 1 aliphatic heterocycles. The second-order valence-corrected chi connectivity index (χ2v) is 6.02. The van der Waals surface area contributed by atoms with Gasteiger partial charge in [-0.1, -0.05) is 30.3 Å². The molecule has 1 heterocycles. The van der Waals surface area contributed by atoms with Crippen LogP contribution in [-0.2, 0) is 11.2 Å². The van der Waals surface area contributed by atoms with Gasteiger partial charge in [-0.15, -0.1) is 24.0 Å². The highest BCUT2D eigenvalue weighted by Gasteiger charge is 2.29. The van der Waals surface area contributed by atoms with E-state index in [2.05, 4.69) is 31.0 Å². The Labute approximate surface area is 162 Å². The summed E-state index contributed by atoms with van der Waals surface area (Å²) in [6.07, 6.45) is 1.49. The van der Waals surface area contributed by atoms with Crippen LogP contribution in [0.4, 0.5) is 0 Å². The van der Waals surface area contributed by atoms with Crippen molar-refractivity contribution in [3.05, 3.63) is 35.9 Å². The monoisotopic (exact) mass is 444 g/mol. The van der Waals surface area contributed by atoms with Crippen molar-refractivity contribution in [1.29, 1.82) is 0 Å². The number of halogens is 1. The van der Waals surface area contributed by atoms with Crippen LogP contribution in [-0.4, -0.2) is 54.4 Å². The van der Waals surface area contributed by atoms with Crippen LogP contribution in [0.15, 0.2) is 35.3 Å². The molecule has 0 aliphatic carbocycles. The summed E-state index contributed by atoms with van der Waals surface area (Å²) in [5.41, 5.74) is 7.27. The van der Waals surface area contributed by atoms with Crippen LogP contribution >= 0.6 is 24.0 Å². The highest BCUT2D eigenvalue weighted by molar-refractivity contribution is 14.0. The fourth-order valence-corrected chi connectivity index (χ4v) is 2.97. The molecule has 1 fully saturated rings. The minimum atomic E-state index is 0. The predicted molar refractivity (Wildman–Crippen MR) is 110 cm³/mol. The molecule has 24 heavy (non-hydrogen) atoms. The standard InChI is InChI=1S/C18H28N4O.HI/c1-3-21(4-2)18(19)20-13-16-12-17(23)22(14-16)11-10-15-8-6-5-7-9-15;/h5-9,16H,3-4,10-14H2,1-2H3,(H2,19,20);1H. The Hall–Kier alpha value is -1.31. The highest BCUT2D eigenvalue weighted by Crippen LogP contribution is 2.18. The largest absolute Gasteiger partial charge is 0.370 e. The summed E-state index contributed by atoms with van der Waals surface area (Å²) in [6.45, 7) is 8.06. The molecule has 2 N–H and O–H groups in total. The zero-order chi connectivity index (χ0) is 16.7. The first-order chi connectivity index (χ1) is 11.1. The Balaban J connectivity index is 0.00000288. The molecule has 2 rings (SSSR count). The van der Waals surface area contributed by atoms with Crippen LogP contribution in [0, 0.1) is 5.92 Å². The van der Waals surface area contributed by atoms with Gasteiger partial charge in [0.25, 0.3) is 0 Å². The number of guanidine groups is 1. The van der Waals surface area contributed by atoms with Gasteiger partial charge in [-0.3, -0.25) is 9.79 Å². The van der Waals surface area contributed by atoms with E-state index in [0.29, 0.717) is 18.9 Å². The summed E-state index contributed by atoms with van der Waals surface area (Å²) in [4.78, 5) is 20.6. The summed E-state index contributed by atoms with van der Waals surface area (Å²) in [6, 6.07) is 10.3. The van der Waals surface area contributed by atoms with Crippen LogP contribution in [0.2, 0.25) is 0 Å². The molecule has 5 nitrogen and oxygen atoms in total. The zero-order valence-electron chi connectivity index (χ0n) is 14.6. The number of hydrogen-bond acceptors (Lipinski definition) is 2. The van der Waals surface area contributed by atoms with Crippen molar-refractivity contribution in [2.75, 3.05) is 32.7 Å². The molecule has 134 valence electrons. The predicted octanol–water partition coefficient (Wildman–Crippen LogP) is 2.35. The van der Waals surface area contributed by atoms with Crippen LogP contribution in [0.5, 0.6) is 0 Å². The first-order valence-electron chi connectivity index (χ1n) is 8.50. The molecule has 0 radical (unpaired) electrons. The zero-order valence-corrected chi connectivity index (χ0v) is 17.0. The van der Waals surface area contributed by atoms with E-state index in [-0.39, 0.29) is 35.8 Å². The molecule has 1 unspecified atom stereocenters. The van der Waals surface area contributed by atoms with Gasteiger partial charge in [0.15, 0.2) is 5.96 Å². The Morgan fingerprint density at radius 2 is 1.96 bits per heavy atom. The first-order valence-corrected chi connectivity index (χ1v) is 8.50. The molecule has 0 bridgehead atoms. The number of carbonyl (C=O) groups is 1. The third kappa shape index (κ3) is 5.96. The van der Waals surface area contributed by atoms with Gasteiger partial charge in [0.2, 0.25) is 5.91 Å². The molecule has 6 heteroatoms. The van der Waals surface area contributed by atoms with E-state index < -0.39 is 0 Å². The quantitative estimate of drug-likeness (QED) is 0.399. The van der Waals surface area contributed by atoms with Crippen LogP contribution in [0.25, 0.3) is 0 Å². The molecule has 1 aliphatic rings. The van der Waals surface area contributed by atoms with Crippen molar-refractivity contribution in [3.8, 4) is 0 Å². The maximum absolute atomic E-state index is 12.1. The second kappa shape index (κ2) is 10.5. The van der Waals surface area contributed by atoms with Crippen LogP contribution < -0.4 is 5.73 Å². The van der Waals surface area contributed by atoms with Crippen LogP contribution in [0.3, 0.4) is 0 Å². The van der Waals surface area contributed by atoms with Crippen molar-refractivity contribution in [3.63, 3.8) is 0 Å². The van der Waals surface area contributed by atoms with E-state index in [1.54, 1.807) is 0 Å². The third-order valence-electron chi connectivity index (χ3n) is 4.41. The van der Waals surface area contributed by atoms with Gasteiger partial charge in [-0.05, 0) is 25.8 Å². The summed E-state index contributed by atoms with van der Waals surface area (Å²) in [5.74, 6) is 1.11. The van der Waals surface area contributed by atoms with Gasteiger partial charge in [0.05, 0.1) is 0 Å². The second-order valence-electron chi connectivity index (χ2n) is 6.02. The fraction of sp³-hybridized carbons (Fsp3) is 0.556. The van der Waals surface area contributed by atoms with E-state index in [0.717, 1.165) is 32.6 Å². The molecule has 1 saturated heterocycles.